The van der Waals surface area contributed by atoms with Gasteiger partial charge in [0, 0.05) is 20.1 Å². The lowest BCUT2D eigenvalue weighted by Crippen LogP contribution is -2.40. The number of carboxylic acid groups (broad SMARTS) is 1. The van der Waals surface area contributed by atoms with Crippen molar-refractivity contribution in [3.8, 4) is 0 Å². The van der Waals surface area contributed by atoms with Crippen LogP contribution in [0.2, 0.25) is 0 Å². The second kappa shape index (κ2) is 8.21. The fourth-order valence-corrected chi connectivity index (χ4v) is 2.00. The molecule has 1 aromatic carbocycles. The molecule has 0 fully saturated rings. The molecule has 0 aliphatic carbocycles. The first-order valence-electron chi connectivity index (χ1n) is 6.77. The summed E-state index contributed by atoms with van der Waals surface area (Å²) in [7, 11) is 1.72. The first-order chi connectivity index (χ1) is 9.93. The Kier molecular flexibility index (Phi) is 6.62. The first kappa shape index (κ1) is 16.9. The number of carbonyl (C=O) groups is 2. The average molecular weight is 290 g/mol. The molecule has 0 aromatic heterocycles. The molecule has 0 aliphatic heterocycles. The van der Waals surface area contributed by atoms with Gasteiger partial charge in [0.2, 0.25) is 5.91 Å². The van der Waals surface area contributed by atoms with Crippen molar-refractivity contribution in [1.29, 1.82) is 0 Å². The molecule has 0 saturated carbocycles. The van der Waals surface area contributed by atoms with Crippen molar-refractivity contribution in [3.63, 3.8) is 0 Å². The van der Waals surface area contributed by atoms with E-state index in [0.717, 1.165) is 11.1 Å². The Hall–Kier alpha value is -2.14. The summed E-state index contributed by atoms with van der Waals surface area (Å²) in [5, 5.41) is 8.83. The Morgan fingerprint density at radius 2 is 1.95 bits per heavy atom. The van der Waals surface area contributed by atoms with Gasteiger partial charge in [0.25, 0.3) is 0 Å². The van der Waals surface area contributed by atoms with Gasteiger partial charge in [0.1, 0.15) is 0 Å². The summed E-state index contributed by atoms with van der Waals surface area (Å²) in [4.78, 5) is 26.1. The molecule has 0 radical (unpaired) electrons. The van der Waals surface area contributed by atoms with Gasteiger partial charge in [-0.05, 0) is 18.1 Å². The quantitative estimate of drug-likeness (QED) is 0.738. The minimum Gasteiger partial charge on any atom is -0.480 e. The maximum atomic E-state index is 12.2. The van der Waals surface area contributed by atoms with Crippen molar-refractivity contribution in [2.75, 3.05) is 26.7 Å². The number of carboxylic acids is 1. The van der Waals surface area contributed by atoms with Gasteiger partial charge in [-0.3, -0.25) is 14.5 Å². The third-order valence-electron chi connectivity index (χ3n) is 3.20. The molecule has 1 N–H and O–H groups in total. The number of hydrogen-bond donors (Lipinski definition) is 1. The molecule has 114 valence electrons. The Morgan fingerprint density at radius 3 is 2.52 bits per heavy atom. The smallest absolute Gasteiger partial charge is 0.317 e. The van der Waals surface area contributed by atoms with Gasteiger partial charge in [0.15, 0.2) is 0 Å². The number of carbonyl (C=O) groups excluding carboxylic acids is 1. The summed E-state index contributed by atoms with van der Waals surface area (Å²) in [5.74, 6) is -1.06. The molecule has 1 amide bonds. The zero-order valence-electron chi connectivity index (χ0n) is 12.6. The summed E-state index contributed by atoms with van der Waals surface area (Å²) in [6.07, 6.45) is 1.59. The predicted octanol–water partition coefficient (Wildman–Crippen LogP) is 1.53. The highest BCUT2D eigenvalue weighted by Gasteiger charge is 2.16. The van der Waals surface area contributed by atoms with Gasteiger partial charge >= 0.3 is 5.97 Å². The molecule has 5 nitrogen and oxygen atoms in total. The van der Waals surface area contributed by atoms with Crippen LogP contribution in [-0.4, -0.2) is 53.5 Å². The van der Waals surface area contributed by atoms with E-state index >= 15 is 0 Å². The van der Waals surface area contributed by atoms with E-state index in [9.17, 15) is 9.59 Å². The molecule has 1 rings (SSSR count). The van der Waals surface area contributed by atoms with Crippen LogP contribution >= 0.6 is 0 Å². The number of rotatable bonds is 8. The van der Waals surface area contributed by atoms with E-state index in [0.29, 0.717) is 13.1 Å². The number of likely N-dealkylation sites (N-methyl/N-ethyl adjacent to an activating group) is 1. The fraction of sp³-hybridized carbons (Fsp3) is 0.375. The summed E-state index contributed by atoms with van der Waals surface area (Å²) in [5.41, 5.74) is 2.22. The van der Waals surface area contributed by atoms with E-state index in [1.165, 1.54) is 0 Å². The Balaban J connectivity index is 2.62. The summed E-state index contributed by atoms with van der Waals surface area (Å²) in [6, 6.07) is 7.88. The van der Waals surface area contributed by atoms with Crippen LogP contribution in [0.15, 0.2) is 36.9 Å². The number of aliphatic carboxylic acids is 1. The molecular formula is C16H22N2O3. The largest absolute Gasteiger partial charge is 0.480 e. The molecule has 0 saturated heterocycles. The molecule has 5 heteroatoms. The van der Waals surface area contributed by atoms with E-state index in [1.54, 1.807) is 22.9 Å². The van der Waals surface area contributed by atoms with Gasteiger partial charge in [0.05, 0.1) is 13.1 Å². The van der Waals surface area contributed by atoms with Gasteiger partial charge in [-0.2, -0.15) is 0 Å². The average Bonchev–Trinajstić information content (AvgIpc) is 2.40. The number of hydrogen-bond acceptors (Lipinski definition) is 3. The van der Waals surface area contributed by atoms with Crippen molar-refractivity contribution in [3.05, 3.63) is 48.0 Å². The molecule has 0 spiro atoms. The standard InChI is InChI=1S/C16H22N2O3/c1-4-9-18(12-16(20)21)11-15(19)17(3)10-14-8-6-5-7-13(14)2/h4-8H,1,9-12H2,2-3H3,(H,20,21). The maximum absolute atomic E-state index is 12.2. The van der Waals surface area contributed by atoms with Crippen molar-refractivity contribution in [2.45, 2.75) is 13.5 Å². The summed E-state index contributed by atoms with van der Waals surface area (Å²) >= 11 is 0. The van der Waals surface area contributed by atoms with E-state index in [4.69, 9.17) is 5.11 Å². The Morgan fingerprint density at radius 1 is 1.29 bits per heavy atom. The van der Waals surface area contributed by atoms with E-state index in [2.05, 4.69) is 6.58 Å². The topological polar surface area (TPSA) is 60.9 Å². The van der Waals surface area contributed by atoms with Crippen LogP contribution in [0, 0.1) is 6.92 Å². The Bertz CT molecular complexity index is 514. The summed E-state index contributed by atoms with van der Waals surface area (Å²) < 4.78 is 0. The molecule has 0 bridgehead atoms. The molecule has 0 heterocycles. The van der Waals surface area contributed by atoms with E-state index in [1.807, 2.05) is 31.2 Å². The number of aryl methyl sites for hydroxylation is 1. The van der Waals surface area contributed by atoms with Gasteiger partial charge < -0.3 is 10.0 Å². The van der Waals surface area contributed by atoms with Gasteiger partial charge in [-0.1, -0.05) is 30.3 Å². The third kappa shape index (κ3) is 5.79. The second-order valence-corrected chi connectivity index (χ2v) is 5.03. The molecule has 21 heavy (non-hydrogen) atoms. The van der Waals surface area contributed by atoms with Crippen LogP contribution < -0.4 is 0 Å². The Labute approximate surface area is 125 Å². The molecule has 1 aromatic rings. The van der Waals surface area contributed by atoms with Gasteiger partial charge in [-0.15, -0.1) is 6.58 Å². The zero-order valence-corrected chi connectivity index (χ0v) is 12.6. The highest BCUT2D eigenvalue weighted by molar-refractivity contribution is 5.79. The number of nitrogens with zero attached hydrogens (tertiary/aromatic N) is 2. The van der Waals surface area contributed by atoms with Crippen LogP contribution in [-0.2, 0) is 16.1 Å². The molecule has 0 aliphatic rings. The maximum Gasteiger partial charge on any atom is 0.317 e. The van der Waals surface area contributed by atoms with Crippen molar-refractivity contribution in [1.82, 2.24) is 9.80 Å². The van der Waals surface area contributed by atoms with Crippen molar-refractivity contribution < 1.29 is 14.7 Å². The second-order valence-electron chi connectivity index (χ2n) is 5.03. The van der Waals surface area contributed by atoms with Crippen molar-refractivity contribution in [2.24, 2.45) is 0 Å². The zero-order chi connectivity index (χ0) is 15.8. The van der Waals surface area contributed by atoms with E-state index in [-0.39, 0.29) is 19.0 Å². The highest BCUT2D eigenvalue weighted by atomic mass is 16.4. The SMILES string of the molecule is C=CCN(CC(=O)O)CC(=O)N(C)Cc1ccccc1C. The summed E-state index contributed by atoms with van der Waals surface area (Å²) in [6.45, 7) is 6.37. The molecular weight excluding hydrogens is 268 g/mol. The van der Waals surface area contributed by atoms with Crippen molar-refractivity contribution >= 4 is 11.9 Å². The molecule has 0 atom stereocenters. The number of amides is 1. The van der Waals surface area contributed by atoms with Crippen LogP contribution in [0.5, 0.6) is 0 Å². The lowest BCUT2D eigenvalue weighted by molar-refractivity contribution is -0.139. The van der Waals surface area contributed by atoms with Crippen LogP contribution in [0.25, 0.3) is 0 Å². The first-order valence-corrected chi connectivity index (χ1v) is 6.77. The minimum atomic E-state index is -0.953. The lowest BCUT2D eigenvalue weighted by Gasteiger charge is -2.23. The van der Waals surface area contributed by atoms with Crippen LogP contribution in [0.3, 0.4) is 0 Å². The van der Waals surface area contributed by atoms with Crippen LogP contribution in [0.4, 0.5) is 0 Å². The van der Waals surface area contributed by atoms with Crippen LogP contribution in [0.1, 0.15) is 11.1 Å². The molecule has 0 unspecified atom stereocenters. The third-order valence-corrected chi connectivity index (χ3v) is 3.20. The normalized spacial score (nSPS) is 10.4. The fourth-order valence-electron chi connectivity index (χ4n) is 2.00. The number of benzene rings is 1. The minimum absolute atomic E-state index is 0.0701. The monoisotopic (exact) mass is 290 g/mol. The van der Waals surface area contributed by atoms with E-state index < -0.39 is 5.97 Å². The lowest BCUT2D eigenvalue weighted by atomic mass is 10.1. The van der Waals surface area contributed by atoms with Gasteiger partial charge in [-0.25, -0.2) is 0 Å². The highest BCUT2D eigenvalue weighted by Crippen LogP contribution is 2.09. The predicted molar refractivity (Wildman–Crippen MR) is 81.9 cm³/mol.